The molecule has 3 aromatic rings. The van der Waals surface area contributed by atoms with Crippen LogP contribution in [0.3, 0.4) is 0 Å². The third kappa shape index (κ3) is 3.84. The molecule has 0 atom stereocenters. The predicted octanol–water partition coefficient (Wildman–Crippen LogP) is 4.56. The van der Waals surface area contributed by atoms with Crippen LogP contribution in [0.25, 0.3) is 0 Å². The van der Waals surface area contributed by atoms with Crippen LogP contribution in [-0.2, 0) is 12.1 Å². The number of carbonyl (C=O) groups is 1. The van der Waals surface area contributed by atoms with Gasteiger partial charge >= 0.3 is 5.97 Å². The second kappa shape index (κ2) is 7.78. The molecule has 0 bridgehead atoms. The third-order valence-corrected chi connectivity index (χ3v) is 5.91. The first-order chi connectivity index (χ1) is 15.4. The van der Waals surface area contributed by atoms with E-state index in [2.05, 4.69) is 10.3 Å². The fraction of sp³-hybridized carbons (Fsp3) is 0.250. The zero-order chi connectivity index (χ0) is 22.3. The molecule has 0 spiro atoms. The molecule has 0 radical (unpaired) electrons. The zero-order valence-electron chi connectivity index (χ0n) is 17.1. The second-order valence-corrected chi connectivity index (χ2v) is 8.14. The number of aromatic nitrogens is 1. The van der Waals surface area contributed by atoms with E-state index in [1.54, 1.807) is 24.4 Å². The SMILES string of the molecule is O=C(O)c1ccc(C2(Nc3nccc4c3N(Cc3cc(F)cc(F)c3)CCO4)CC2)cc1. The minimum atomic E-state index is -0.963. The lowest BCUT2D eigenvalue weighted by atomic mass is 10.0. The molecule has 1 aliphatic heterocycles. The number of anilines is 2. The fourth-order valence-electron chi connectivity index (χ4n) is 4.18. The van der Waals surface area contributed by atoms with Gasteiger partial charge in [0, 0.05) is 24.9 Å². The van der Waals surface area contributed by atoms with Gasteiger partial charge in [0.1, 0.15) is 29.7 Å². The molecule has 1 fully saturated rings. The van der Waals surface area contributed by atoms with Gasteiger partial charge in [-0.2, -0.15) is 0 Å². The van der Waals surface area contributed by atoms with Crippen LogP contribution >= 0.6 is 0 Å². The first-order valence-corrected chi connectivity index (χ1v) is 10.4. The number of carboxylic acid groups (broad SMARTS) is 1. The zero-order valence-corrected chi connectivity index (χ0v) is 17.1. The van der Waals surface area contributed by atoms with Gasteiger partial charge in [-0.15, -0.1) is 0 Å². The first kappa shape index (κ1) is 20.2. The van der Waals surface area contributed by atoms with Gasteiger partial charge < -0.3 is 20.1 Å². The summed E-state index contributed by atoms with van der Waals surface area (Å²) >= 11 is 0. The van der Waals surface area contributed by atoms with E-state index in [4.69, 9.17) is 9.84 Å². The number of fused-ring (bicyclic) bond motifs is 1. The van der Waals surface area contributed by atoms with Crippen LogP contribution in [0.4, 0.5) is 20.3 Å². The number of hydrogen-bond donors (Lipinski definition) is 2. The molecule has 164 valence electrons. The van der Waals surface area contributed by atoms with E-state index in [0.29, 0.717) is 36.8 Å². The monoisotopic (exact) mass is 437 g/mol. The smallest absolute Gasteiger partial charge is 0.335 e. The minimum Gasteiger partial charge on any atom is -0.489 e. The Morgan fingerprint density at radius 2 is 1.84 bits per heavy atom. The topological polar surface area (TPSA) is 74.7 Å². The highest BCUT2D eigenvalue weighted by Crippen LogP contribution is 2.50. The third-order valence-electron chi connectivity index (χ3n) is 5.91. The van der Waals surface area contributed by atoms with Crippen LogP contribution < -0.4 is 15.0 Å². The van der Waals surface area contributed by atoms with E-state index in [9.17, 15) is 13.6 Å². The molecule has 2 aliphatic rings. The largest absolute Gasteiger partial charge is 0.489 e. The highest BCUT2D eigenvalue weighted by molar-refractivity contribution is 5.87. The molecule has 0 unspecified atom stereocenters. The molecule has 32 heavy (non-hydrogen) atoms. The standard InChI is InChI=1S/C24H21F2N3O3/c25-18-11-15(12-19(26)13-18)14-29-9-10-32-20-5-8-27-22(21(20)29)28-24(6-7-24)17-3-1-16(2-4-17)23(30)31/h1-5,8,11-13H,6-7,9-10,14H2,(H,27,28)(H,30,31). The maximum absolute atomic E-state index is 13.7. The van der Waals surface area contributed by atoms with Crippen molar-refractivity contribution in [2.24, 2.45) is 0 Å². The number of hydrogen-bond acceptors (Lipinski definition) is 5. The molecule has 2 aromatic carbocycles. The second-order valence-electron chi connectivity index (χ2n) is 8.14. The van der Waals surface area contributed by atoms with E-state index in [-0.39, 0.29) is 11.1 Å². The number of carboxylic acids is 1. The Balaban J connectivity index is 1.45. The van der Waals surface area contributed by atoms with Crippen LogP contribution in [0.5, 0.6) is 5.75 Å². The molecule has 0 amide bonds. The highest BCUT2D eigenvalue weighted by Gasteiger charge is 2.45. The Hall–Kier alpha value is -3.68. The normalized spacial score (nSPS) is 16.1. The summed E-state index contributed by atoms with van der Waals surface area (Å²) in [5, 5.41) is 12.7. The number of ether oxygens (including phenoxy) is 1. The fourth-order valence-corrected chi connectivity index (χ4v) is 4.18. The number of halogens is 2. The molecular formula is C24H21F2N3O3. The summed E-state index contributed by atoms with van der Waals surface area (Å²) in [7, 11) is 0. The van der Waals surface area contributed by atoms with Crippen LogP contribution in [0.2, 0.25) is 0 Å². The lowest BCUT2D eigenvalue weighted by Crippen LogP contribution is -2.34. The summed E-state index contributed by atoms with van der Waals surface area (Å²) in [5.74, 6) is -0.907. The lowest BCUT2D eigenvalue weighted by molar-refractivity contribution is 0.0697. The van der Waals surface area contributed by atoms with Crippen molar-refractivity contribution in [1.29, 1.82) is 0 Å². The van der Waals surface area contributed by atoms with Crippen molar-refractivity contribution >= 4 is 17.5 Å². The minimum absolute atomic E-state index is 0.238. The molecule has 6 nitrogen and oxygen atoms in total. The first-order valence-electron chi connectivity index (χ1n) is 10.4. The van der Waals surface area contributed by atoms with Gasteiger partial charge in [-0.25, -0.2) is 18.6 Å². The van der Waals surface area contributed by atoms with Gasteiger partial charge in [-0.1, -0.05) is 12.1 Å². The predicted molar refractivity (Wildman–Crippen MR) is 115 cm³/mol. The van der Waals surface area contributed by atoms with Crippen LogP contribution in [0.15, 0.2) is 54.7 Å². The molecule has 0 saturated heterocycles. The Bertz CT molecular complexity index is 1160. The van der Waals surface area contributed by atoms with Crippen molar-refractivity contribution in [2.75, 3.05) is 23.4 Å². The van der Waals surface area contributed by atoms with Crippen LogP contribution in [0.1, 0.15) is 34.3 Å². The maximum atomic E-state index is 13.7. The van der Waals surface area contributed by atoms with Crippen molar-refractivity contribution in [2.45, 2.75) is 24.9 Å². The Labute approximate surface area is 183 Å². The molecule has 2 N–H and O–H groups in total. The molecule has 5 rings (SSSR count). The number of nitrogens with zero attached hydrogens (tertiary/aromatic N) is 2. The number of aromatic carboxylic acids is 1. The average Bonchev–Trinajstić information content (AvgIpc) is 3.54. The van der Waals surface area contributed by atoms with Crippen molar-refractivity contribution in [3.63, 3.8) is 0 Å². The highest BCUT2D eigenvalue weighted by atomic mass is 19.1. The average molecular weight is 437 g/mol. The summed E-state index contributed by atoms with van der Waals surface area (Å²) in [6.07, 6.45) is 3.41. The van der Waals surface area contributed by atoms with Crippen LogP contribution in [0, 0.1) is 11.6 Å². The number of nitrogens with one attached hydrogen (secondary N) is 1. The van der Waals surface area contributed by atoms with E-state index < -0.39 is 17.6 Å². The molecular weight excluding hydrogens is 416 g/mol. The van der Waals surface area contributed by atoms with E-state index in [1.807, 2.05) is 17.0 Å². The molecule has 8 heteroatoms. The quantitative estimate of drug-likeness (QED) is 0.589. The van der Waals surface area contributed by atoms with Crippen molar-refractivity contribution in [3.05, 3.63) is 83.1 Å². The summed E-state index contributed by atoms with van der Waals surface area (Å²) in [6, 6.07) is 12.1. The van der Waals surface area contributed by atoms with Gasteiger partial charge in [-0.05, 0) is 48.2 Å². The number of benzene rings is 2. The van der Waals surface area contributed by atoms with Gasteiger partial charge in [0.05, 0.1) is 17.6 Å². The van der Waals surface area contributed by atoms with Gasteiger partial charge in [0.15, 0.2) is 5.82 Å². The van der Waals surface area contributed by atoms with E-state index >= 15 is 0 Å². The van der Waals surface area contributed by atoms with Crippen molar-refractivity contribution < 1.29 is 23.4 Å². The summed E-state index contributed by atoms with van der Waals surface area (Å²) < 4.78 is 33.2. The van der Waals surface area contributed by atoms with Gasteiger partial charge in [0.25, 0.3) is 0 Å². The summed E-state index contributed by atoms with van der Waals surface area (Å²) in [6.45, 7) is 1.31. The molecule has 2 heterocycles. The summed E-state index contributed by atoms with van der Waals surface area (Å²) in [5.41, 5.74) is 2.15. The number of rotatable bonds is 6. The lowest BCUT2D eigenvalue weighted by Gasteiger charge is -2.33. The van der Waals surface area contributed by atoms with E-state index in [0.717, 1.165) is 30.2 Å². The van der Waals surface area contributed by atoms with Crippen molar-refractivity contribution in [3.8, 4) is 5.75 Å². The van der Waals surface area contributed by atoms with Crippen LogP contribution in [-0.4, -0.2) is 29.2 Å². The molecule has 1 aromatic heterocycles. The maximum Gasteiger partial charge on any atom is 0.335 e. The van der Waals surface area contributed by atoms with Gasteiger partial charge in [-0.3, -0.25) is 0 Å². The van der Waals surface area contributed by atoms with E-state index in [1.165, 1.54) is 12.1 Å². The number of pyridine rings is 1. The Morgan fingerprint density at radius 3 is 2.50 bits per heavy atom. The summed E-state index contributed by atoms with van der Waals surface area (Å²) in [4.78, 5) is 17.7. The van der Waals surface area contributed by atoms with Crippen molar-refractivity contribution in [1.82, 2.24) is 4.98 Å². The molecule has 1 aliphatic carbocycles. The van der Waals surface area contributed by atoms with Gasteiger partial charge in [0.2, 0.25) is 0 Å². The Kier molecular flexibility index (Phi) is 4.92. The molecule has 1 saturated carbocycles. The Morgan fingerprint density at radius 1 is 1.12 bits per heavy atom.